The summed E-state index contributed by atoms with van der Waals surface area (Å²) < 4.78 is 7.59. The van der Waals surface area contributed by atoms with Gasteiger partial charge in [-0.3, -0.25) is 14.9 Å². The quantitative estimate of drug-likeness (QED) is 0.231. The minimum absolute atomic E-state index is 0.160. The average Bonchev–Trinajstić information content (AvgIpc) is 3.36. The predicted molar refractivity (Wildman–Crippen MR) is 152 cm³/mol. The molecule has 0 radical (unpaired) electrons. The van der Waals surface area contributed by atoms with Gasteiger partial charge in [0.15, 0.2) is 5.65 Å². The maximum absolute atomic E-state index is 14.2. The molecule has 0 atom stereocenters. The Morgan fingerprint density at radius 1 is 0.842 bits per heavy atom. The minimum Gasteiger partial charge on any atom is -0.375 e. The predicted octanol–water partition coefficient (Wildman–Crippen LogP) is 6.89. The number of hydrogen-bond donors (Lipinski definition) is 1. The number of fused-ring (bicyclic) bond motifs is 2. The van der Waals surface area contributed by atoms with Gasteiger partial charge >= 0.3 is 0 Å². The molecule has 0 saturated heterocycles. The number of rotatable bonds is 8. The molecule has 0 amide bonds. The van der Waals surface area contributed by atoms with E-state index in [0.717, 1.165) is 51.7 Å². The fraction of sp³-hybridized carbons (Fsp3) is 0.156. The van der Waals surface area contributed by atoms with E-state index >= 15 is 0 Å². The van der Waals surface area contributed by atoms with Crippen molar-refractivity contribution in [1.82, 2.24) is 19.6 Å². The Labute approximate surface area is 220 Å². The van der Waals surface area contributed by atoms with Crippen molar-refractivity contribution in [3.8, 4) is 33.5 Å². The summed E-state index contributed by atoms with van der Waals surface area (Å²) in [4.78, 5) is 23.8. The van der Waals surface area contributed by atoms with Crippen molar-refractivity contribution in [3.05, 3.63) is 113 Å². The Bertz CT molecular complexity index is 1770. The van der Waals surface area contributed by atoms with E-state index in [-0.39, 0.29) is 12.2 Å². The molecule has 0 bridgehead atoms. The van der Waals surface area contributed by atoms with Gasteiger partial charge in [-0.1, -0.05) is 86.1 Å². The maximum Gasteiger partial charge on any atom is 0.280 e. The standard InChI is InChI=1S/C32H28N4O2/c1-2-3-19-38-21-27-28(25-16-17-26-24(20-25)15-10-18-33-26)32(37)36-31(34-27)29(22-11-6-4-7-12-22)30(35-36)23-13-8-5-9-14-23/h4-18,20,35H,2-3,19,21H2,1H3. The van der Waals surface area contributed by atoms with Crippen LogP contribution in [-0.2, 0) is 11.3 Å². The highest BCUT2D eigenvalue weighted by molar-refractivity contribution is 5.91. The van der Waals surface area contributed by atoms with Crippen LogP contribution in [0, 0.1) is 0 Å². The number of unbranched alkanes of at least 4 members (excludes halogenated alkanes) is 1. The van der Waals surface area contributed by atoms with Crippen molar-refractivity contribution in [2.45, 2.75) is 26.4 Å². The highest BCUT2D eigenvalue weighted by Crippen LogP contribution is 2.35. The maximum atomic E-state index is 14.2. The van der Waals surface area contributed by atoms with Crippen LogP contribution in [0.3, 0.4) is 0 Å². The zero-order valence-corrected chi connectivity index (χ0v) is 21.2. The number of hydrogen-bond acceptors (Lipinski definition) is 4. The third-order valence-electron chi connectivity index (χ3n) is 6.75. The molecule has 0 fully saturated rings. The summed E-state index contributed by atoms with van der Waals surface area (Å²) in [6.45, 7) is 3.00. The Morgan fingerprint density at radius 3 is 2.37 bits per heavy atom. The molecule has 188 valence electrons. The first-order valence-electron chi connectivity index (χ1n) is 13.0. The van der Waals surface area contributed by atoms with Gasteiger partial charge in [-0.25, -0.2) is 4.98 Å². The monoisotopic (exact) mass is 500 g/mol. The van der Waals surface area contributed by atoms with Crippen LogP contribution in [-0.4, -0.2) is 26.2 Å². The summed E-state index contributed by atoms with van der Waals surface area (Å²) in [5.74, 6) is 0. The molecule has 0 spiro atoms. The summed E-state index contributed by atoms with van der Waals surface area (Å²) in [5.41, 5.74) is 6.96. The first-order chi connectivity index (χ1) is 18.7. The fourth-order valence-electron chi connectivity index (χ4n) is 4.85. The lowest BCUT2D eigenvalue weighted by Crippen LogP contribution is -2.21. The summed E-state index contributed by atoms with van der Waals surface area (Å²) in [6, 6.07) is 29.9. The molecule has 6 aromatic rings. The second-order valence-electron chi connectivity index (χ2n) is 9.31. The van der Waals surface area contributed by atoms with Crippen LogP contribution in [0.2, 0.25) is 0 Å². The summed E-state index contributed by atoms with van der Waals surface area (Å²) in [6.07, 6.45) is 3.76. The van der Waals surface area contributed by atoms with E-state index in [2.05, 4.69) is 17.0 Å². The lowest BCUT2D eigenvalue weighted by Gasteiger charge is -2.11. The Kier molecular flexibility index (Phi) is 6.54. The Morgan fingerprint density at radius 2 is 1.61 bits per heavy atom. The molecular formula is C32H28N4O2. The molecule has 3 heterocycles. The molecule has 6 rings (SSSR count). The van der Waals surface area contributed by atoms with Crippen molar-refractivity contribution >= 4 is 16.6 Å². The molecule has 38 heavy (non-hydrogen) atoms. The van der Waals surface area contributed by atoms with Gasteiger partial charge in [0.1, 0.15) is 0 Å². The van der Waals surface area contributed by atoms with Gasteiger partial charge in [-0.2, -0.15) is 4.52 Å². The first-order valence-corrected chi connectivity index (χ1v) is 13.0. The number of nitrogens with zero attached hydrogens (tertiary/aromatic N) is 3. The van der Waals surface area contributed by atoms with Gasteiger partial charge in [-0.15, -0.1) is 0 Å². The average molecular weight is 501 g/mol. The second-order valence-corrected chi connectivity index (χ2v) is 9.31. The van der Waals surface area contributed by atoms with Gasteiger partial charge in [0.25, 0.3) is 5.56 Å². The molecule has 0 unspecified atom stereocenters. The SMILES string of the molecule is CCCCOCc1nc2c(-c3ccccc3)c(-c3ccccc3)[nH]n2c(=O)c1-c1ccc2ncccc2c1. The molecule has 3 aromatic carbocycles. The van der Waals surface area contributed by atoms with E-state index in [1.807, 2.05) is 91.0 Å². The largest absolute Gasteiger partial charge is 0.375 e. The number of nitrogens with one attached hydrogen (secondary N) is 1. The highest BCUT2D eigenvalue weighted by Gasteiger charge is 2.22. The van der Waals surface area contributed by atoms with Crippen LogP contribution in [0.5, 0.6) is 0 Å². The first kappa shape index (κ1) is 23.8. The number of benzene rings is 3. The minimum atomic E-state index is -0.160. The molecule has 3 aromatic heterocycles. The molecule has 0 aliphatic heterocycles. The molecule has 0 saturated carbocycles. The summed E-state index contributed by atoms with van der Waals surface area (Å²) in [7, 11) is 0. The van der Waals surface area contributed by atoms with E-state index < -0.39 is 0 Å². The third-order valence-corrected chi connectivity index (χ3v) is 6.75. The molecule has 0 aliphatic carbocycles. The van der Waals surface area contributed by atoms with Crippen molar-refractivity contribution in [2.24, 2.45) is 0 Å². The van der Waals surface area contributed by atoms with Gasteiger partial charge in [0.05, 0.1) is 34.6 Å². The van der Waals surface area contributed by atoms with Crippen LogP contribution in [0.15, 0.2) is 102 Å². The van der Waals surface area contributed by atoms with Crippen LogP contribution < -0.4 is 5.56 Å². The van der Waals surface area contributed by atoms with Crippen LogP contribution in [0.25, 0.3) is 50.1 Å². The number of aromatic nitrogens is 4. The zero-order chi connectivity index (χ0) is 25.9. The molecule has 1 N–H and O–H groups in total. The number of aromatic amines is 1. The summed E-state index contributed by atoms with van der Waals surface area (Å²) >= 11 is 0. The topological polar surface area (TPSA) is 72.3 Å². The van der Waals surface area contributed by atoms with Crippen molar-refractivity contribution in [1.29, 1.82) is 0 Å². The van der Waals surface area contributed by atoms with Crippen molar-refractivity contribution in [3.63, 3.8) is 0 Å². The van der Waals surface area contributed by atoms with E-state index in [1.165, 1.54) is 0 Å². The van der Waals surface area contributed by atoms with Gasteiger partial charge in [-0.05, 0) is 35.7 Å². The van der Waals surface area contributed by atoms with Crippen LogP contribution in [0.4, 0.5) is 0 Å². The number of H-pyrrole nitrogens is 1. The normalized spacial score (nSPS) is 11.4. The molecule has 6 heteroatoms. The van der Waals surface area contributed by atoms with Gasteiger partial charge in [0.2, 0.25) is 0 Å². The molecule has 0 aliphatic rings. The van der Waals surface area contributed by atoms with E-state index in [1.54, 1.807) is 10.7 Å². The van der Waals surface area contributed by atoms with E-state index in [0.29, 0.717) is 23.5 Å². The smallest absolute Gasteiger partial charge is 0.280 e. The highest BCUT2D eigenvalue weighted by atomic mass is 16.5. The summed E-state index contributed by atoms with van der Waals surface area (Å²) in [5, 5.41) is 4.35. The number of ether oxygens (including phenoxy) is 1. The molecule has 6 nitrogen and oxygen atoms in total. The second kappa shape index (κ2) is 10.4. The zero-order valence-electron chi connectivity index (χ0n) is 21.2. The van der Waals surface area contributed by atoms with Crippen LogP contribution in [0.1, 0.15) is 25.5 Å². The molecular weight excluding hydrogens is 472 g/mol. The third kappa shape index (κ3) is 4.40. The van der Waals surface area contributed by atoms with E-state index in [4.69, 9.17) is 9.72 Å². The van der Waals surface area contributed by atoms with Gasteiger partial charge in [0, 0.05) is 23.8 Å². The lowest BCUT2D eigenvalue weighted by atomic mass is 10.0. The van der Waals surface area contributed by atoms with Gasteiger partial charge < -0.3 is 4.74 Å². The van der Waals surface area contributed by atoms with Crippen molar-refractivity contribution < 1.29 is 4.74 Å². The Balaban J connectivity index is 1.63. The lowest BCUT2D eigenvalue weighted by molar-refractivity contribution is 0.116. The number of pyridine rings is 1. The van der Waals surface area contributed by atoms with Crippen LogP contribution >= 0.6 is 0 Å². The van der Waals surface area contributed by atoms with E-state index in [9.17, 15) is 4.79 Å². The van der Waals surface area contributed by atoms with Crippen molar-refractivity contribution in [2.75, 3.05) is 6.61 Å². The fourth-order valence-corrected chi connectivity index (χ4v) is 4.85. The Hall–Kier alpha value is -4.55.